The maximum Gasteiger partial charge on any atom is 0.308 e. The monoisotopic (exact) mass is 467 g/mol. The number of carbonyl (C=O) groups is 3. The van der Waals surface area contributed by atoms with E-state index in [0.717, 1.165) is 12.8 Å². The average molecular weight is 468 g/mol. The summed E-state index contributed by atoms with van der Waals surface area (Å²) < 4.78 is 11.1. The fraction of sp³-hybridized carbons (Fsp3) is 0.423. The Morgan fingerprint density at radius 3 is 2.65 bits per heavy atom. The highest BCUT2D eigenvalue weighted by molar-refractivity contribution is 5.93. The molecule has 1 unspecified atom stereocenters. The molecule has 2 aromatic carbocycles. The summed E-state index contributed by atoms with van der Waals surface area (Å²) in [7, 11) is 0. The third-order valence-electron chi connectivity index (χ3n) is 5.51. The van der Waals surface area contributed by atoms with Gasteiger partial charge in [0, 0.05) is 13.1 Å². The normalized spacial score (nSPS) is 15.4. The number of hydrogen-bond acceptors (Lipinski definition) is 6. The van der Waals surface area contributed by atoms with Gasteiger partial charge in [-0.05, 0) is 37.0 Å². The van der Waals surface area contributed by atoms with Crippen molar-refractivity contribution in [2.24, 2.45) is 0 Å². The van der Waals surface area contributed by atoms with Crippen LogP contribution in [0.15, 0.2) is 54.6 Å². The van der Waals surface area contributed by atoms with Crippen molar-refractivity contribution < 1.29 is 23.9 Å². The Hall–Kier alpha value is -3.55. The number of aryl methyl sites for hydroxylation is 1. The van der Waals surface area contributed by atoms with E-state index in [-0.39, 0.29) is 24.8 Å². The van der Waals surface area contributed by atoms with Crippen LogP contribution in [0.1, 0.15) is 31.7 Å². The SMILES string of the molecule is CCCOC(=O)CC1C(=O)NCCN1C(=O)CNc1ccccc1OCCCc1ccccc1. The van der Waals surface area contributed by atoms with Gasteiger partial charge in [-0.25, -0.2) is 0 Å². The Labute approximate surface area is 200 Å². The Bertz CT molecular complexity index is 950. The number of nitrogens with one attached hydrogen (secondary N) is 2. The third-order valence-corrected chi connectivity index (χ3v) is 5.51. The smallest absolute Gasteiger partial charge is 0.308 e. The maximum atomic E-state index is 12.9. The van der Waals surface area contributed by atoms with Gasteiger partial charge in [0.05, 0.1) is 31.9 Å². The zero-order chi connectivity index (χ0) is 24.2. The fourth-order valence-electron chi connectivity index (χ4n) is 3.76. The van der Waals surface area contributed by atoms with Gasteiger partial charge in [-0.2, -0.15) is 0 Å². The van der Waals surface area contributed by atoms with Gasteiger partial charge in [0.25, 0.3) is 0 Å². The van der Waals surface area contributed by atoms with Gasteiger partial charge >= 0.3 is 5.97 Å². The Morgan fingerprint density at radius 2 is 1.85 bits per heavy atom. The minimum Gasteiger partial charge on any atom is -0.491 e. The first-order chi connectivity index (χ1) is 16.6. The van der Waals surface area contributed by atoms with Gasteiger partial charge in [-0.3, -0.25) is 14.4 Å². The molecular formula is C26H33N3O5. The molecule has 0 spiro atoms. The average Bonchev–Trinajstić information content (AvgIpc) is 2.86. The van der Waals surface area contributed by atoms with E-state index in [0.29, 0.717) is 44.2 Å². The summed E-state index contributed by atoms with van der Waals surface area (Å²) in [5, 5.41) is 5.85. The highest BCUT2D eigenvalue weighted by atomic mass is 16.5. The van der Waals surface area contributed by atoms with Crippen molar-refractivity contribution in [2.75, 3.05) is 38.2 Å². The number of rotatable bonds is 12. The second kappa shape index (κ2) is 13.2. The molecule has 1 saturated heterocycles. The van der Waals surface area contributed by atoms with Crippen molar-refractivity contribution >= 4 is 23.5 Å². The van der Waals surface area contributed by atoms with E-state index in [1.54, 1.807) is 0 Å². The van der Waals surface area contributed by atoms with Crippen molar-refractivity contribution in [2.45, 2.75) is 38.6 Å². The number of benzene rings is 2. The Morgan fingerprint density at radius 1 is 1.09 bits per heavy atom. The molecular weight excluding hydrogens is 434 g/mol. The largest absolute Gasteiger partial charge is 0.491 e. The summed E-state index contributed by atoms with van der Waals surface area (Å²) in [6.45, 7) is 3.42. The van der Waals surface area contributed by atoms with E-state index < -0.39 is 12.0 Å². The Balaban J connectivity index is 1.52. The van der Waals surface area contributed by atoms with E-state index in [1.807, 2.05) is 49.4 Å². The van der Waals surface area contributed by atoms with E-state index in [4.69, 9.17) is 9.47 Å². The summed E-state index contributed by atoms with van der Waals surface area (Å²) in [6, 6.07) is 16.8. The predicted octanol–water partition coefficient (Wildman–Crippen LogP) is 2.78. The minimum atomic E-state index is -0.864. The number of nitrogens with zero attached hydrogens (tertiary/aromatic N) is 1. The molecule has 0 aliphatic carbocycles. The summed E-state index contributed by atoms with van der Waals surface area (Å²) in [6.07, 6.45) is 2.34. The number of carbonyl (C=O) groups excluding carboxylic acids is 3. The van der Waals surface area contributed by atoms with E-state index in [1.165, 1.54) is 10.5 Å². The summed E-state index contributed by atoms with van der Waals surface area (Å²) in [5.41, 5.74) is 1.97. The topological polar surface area (TPSA) is 97.0 Å². The molecule has 0 aromatic heterocycles. The Kier molecular flexibility index (Phi) is 9.76. The predicted molar refractivity (Wildman–Crippen MR) is 130 cm³/mol. The molecule has 1 atom stereocenters. The minimum absolute atomic E-state index is 0.0157. The van der Waals surface area contributed by atoms with Crippen LogP contribution in [0.4, 0.5) is 5.69 Å². The lowest BCUT2D eigenvalue weighted by atomic mass is 10.1. The van der Waals surface area contributed by atoms with Crippen LogP contribution in [-0.2, 0) is 25.5 Å². The molecule has 2 N–H and O–H groups in total. The number of amides is 2. The van der Waals surface area contributed by atoms with Crippen LogP contribution in [0.25, 0.3) is 0 Å². The van der Waals surface area contributed by atoms with Gasteiger partial charge in [0.2, 0.25) is 11.8 Å². The highest BCUT2D eigenvalue weighted by Gasteiger charge is 2.35. The lowest BCUT2D eigenvalue weighted by molar-refractivity contribution is -0.151. The maximum absolute atomic E-state index is 12.9. The molecule has 0 bridgehead atoms. The van der Waals surface area contributed by atoms with E-state index >= 15 is 0 Å². The lowest BCUT2D eigenvalue weighted by Crippen LogP contribution is -2.58. The number of hydrogen-bond donors (Lipinski definition) is 2. The van der Waals surface area contributed by atoms with E-state index in [9.17, 15) is 14.4 Å². The number of ether oxygens (including phenoxy) is 2. The third kappa shape index (κ3) is 7.50. The van der Waals surface area contributed by atoms with Crippen molar-refractivity contribution in [3.63, 3.8) is 0 Å². The van der Waals surface area contributed by atoms with Crippen LogP contribution in [0.2, 0.25) is 0 Å². The summed E-state index contributed by atoms with van der Waals surface area (Å²) in [5.74, 6) is -0.416. The zero-order valence-electron chi connectivity index (χ0n) is 19.6. The van der Waals surface area contributed by atoms with Crippen LogP contribution < -0.4 is 15.4 Å². The first-order valence-electron chi connectivity index (χ1n) is 11.8. The number of piperazine rings is 1. The second-order valence-electron chi connectivity index (χ2n) is 8.11. The molecule has 1 fully saturated rings. The van der Waals surface area contributed by atoms with Crippen LogP contribution in [-0.4, -0.2) is 61.6 Å². The quantitative estimate of drug-likeness (QED) is 0.368. The molecule has 8 nitrogen and oxygen atoms in total. The molecule has 182 valence electrons. The van der Waals surface area contributed by atoms with Gasteiger partial charge in [0.1, 0.15) is 11.8 Å². The summed E-state index contributed by atoms with van der Waals surface area (Å²) in [4.78, 5) is 38.8. The molecule has 34 heavy (non-hydrogen) atoms. The van der Waals surface area contributed by atoms with Gasteiger partial charge < -0.3 is 25.0 Å². The van der Waals surface area contributed by atoms with Gasteiger partial charge in [0.15, 0.2) is 0 Å². The molecule has 2 aromatic rings. The molecule has 2 amide bonds. The van der Waals surface area contributed by atoms with Crippen LogP contribution >= 0.6 is 0 Å². The van der Waals surface area contributed by atoms with Crippen molar-refractivity contribution in [3.05, 3.63) is 60.2 Å². The van der Waals surface area contributed by atoms with Crippen LogP contribution in [0.3, 0.4) is 0 Å². The van der Waals surface area contributed by atoms with Crippen molar-refractivity contribution in [3.8, 4) is 5.75 Å². The lowest BCUT2D eigenvalue weighted by Gasteiger charge is -2.34. The molecule has 0 saturated carbocycles. The van der Waals surface area contributed by atoms with E-state index in [2.05, 4.69) is 22.8 Å². The first kappa shape index (κ1) is 25.1. The second-order valence-corrected chi connectivity index (χ2v) is 8.11. The van der Waals surface area contributed by atoms with Crippen molar-refractivity contribution in [1.82, 2.24) is 10.2 Å². The molecule has 8 heteroatoms. The standard InChI is InChI=1S/C26H33N3O5/c1-2-16-34-25(31)18-22-26(32)27-14-15-29(22)24(30)19-28-21-12-6-7-13-23(21)33-17-8-11-20-9-4-3-5-10-20/h3-7,9-10,12-13,22,28H,2,8,11,14-19H2,1H3,(H,27,32). The molecule has 1 aliphatic rings. The molecule has 0 radical (unpaired) electrons. The van der Waals surface area contributed by atoms with Gasteiger partial charge in [-0.15, -0.1) is 0 Å². The van der Waals surface area contributed by atoms with Crippen molar-refractivity contribution in [1.29, 1.82) is 0 Å². The number of esters is 1. The zero-order valence-corrected chi connectivity index (χ0v) is 19.6. The van der Waals surface area contributed by atoms with Crippen LogP contribution in [0, 0.1) is 0 Å². The van der Waals surface area contributed by atoms with Gasteiger partial charge in [-0.1, -0.05) is 49.4 Å². The molecule has 1 aliphatic heterocycles. The molecule has 1 heterocycles. The fourth-order valence-corrected chi connectivity index (χ4v) is 3.76. The number of para-hydroxylation sites is 2. The first-order valence-corrected chi connectivity index (χ1v) is 11.8. The number of anilines is 1. The molecule has 3 rings (SSSR count). The summed E-state index contributed by atoms with van der Waals surface area (Å²) >= 11 is 0. The highest BCUT2D eigenvalue weighted by Crippen LogP contribution is 2.24. The van der Waals surface area contributed by atoms with Crippen LogP contribution in [0.5, 0.6) is 5.75 Å².